The smallest absolute Gasteiger partial charge is 0.404 e. The maximum atomic E-state index is 12.1. The van der Waals surface area contributed by atoms with E-state index in [2.05, 4.69) is 10.1 Å². The summed E-state index contributed by atoms with van der Waals surface area (Å²) in [5.41, 5.74) is 0.0902. The van der Waals surface area contributed by atoms with E-state index in [1.165, 1.54) is 6.92 Å². The Hall–Kier alpha value is -1.51. The number of benzene rings is 1. The van der Waals surface area contributed by atoms with Crippen molar-refractivity contribution in [1.82, 2.24) is 5.32 Å². The van der Waals surface area contributed by atoms with Gasteiger partial charge in [0.05, 0.1) is 5.02 Å². The fraction of sp³-hybridized carbons (Fsp3) is 0.417. The summed E-state index contributed by atoms with van der Waals surface area (Å²) in [5, 5.41) is 21.4. The lowest BCUT2D eigenvalue weighted by Crippen LogP contribution is -2.34. The molecule has 0 aliphatic heterocycles. The molecule has 5 nitrogen and oxygen atoms in total. The second-order valence-corrected chi connectivity index (χ2v) is 4.59. The minimum Gasteiger partial charge on any atom is -0.404 e. The van der Waals surface area contributed by atoms with E-state index in [0.29, 0.717) is 0 Å². The van der Waals surface area contributed by atoms with Crippen molar-refractivity contribution in [1.29, 1.82) is 0 Å². The van der Waals surface area contributed by atoms with E-state index in [9.17, 15) is 28.2 Å². The molecule has 2 atom stereocenters. The number of amides is 1. The number of nitrogens with one attached hydrogen (secondary N) is 1. The number of carbonyl (C=O) groups excluding carboxylic acids is 1. The molecule has 0 spiro atoms. The summed E-state index contributed by atoms with van der Waals surface area (Å²) >= 11 is 5.62. The summed E-state index contributed by atoms with van der Waals surface area (Å²) in [6.07, 6.45) is -7.64. The molecular formula is C12H13ClF3NO4. The van der Waals surface area contributed by atoms with Crippen molar-refractivity contribution < 1.29 is 32.9 Å². The Morgan fingerprint density at radius 3 is 2.52 bits per heavy atom. The Kier molecular flexibility index (Phi) is 5.82. The molecule has 0 aromatic heterocycles. The minimum atomic E-state index is -4.88. The zero-order valence-electron chi connectivity index (χ0n) is 10.8. The first-order chi connectivity index (χ1) is 9.60. The normalized spacial score (nSPS) is 14.4. The molecule has 0 aliphatic rings. The average Bonchev–Trinajstić information content (AvgIpc) is 2.36. The van der Waals surface area contributed by atoms with Gasteiger partial charge in [-0.15, -0.1) is 13.2 Å². The van der Waals surface area contributed by atoms with Crippen LogP contribution in [-0.4, -0.2) is 35.1 Å². The van der Waals surface area contributed by atoms with Crippen LogP contribution in [0.5, 0.6) is 5.75 Å². The van der Waals surface area contributed by atoms with E-state index >= 15 is 0 Å². The fourth-order valence-electron chi connectivity index (χ4n) is 1.49. The van der Waals surface area contributed by atoms with Crippen molar-refractivity contribution in [3.8, 4) is 5.75 Å². The van der Waals surface area contributed by atoms with Gasteiger partial charge in [-0.05, 0) is 17.7 Å². The predicted octanol–water partition coefficient (Wildman–Crippen LogP) is 1.77. The number of hydrogen-bond acceptors (Lipinski definition) is 4. The van der Waals surface area contributed by atoms with Gasteiger partial charge in [-0.3, -0.25) is 4.79 Å². The van der Waals surface area contributed by atoms with Crippen LogP contribution in [0.25, 0.3) is 0 Å². The van der Waals surface area contributed by atoms with E-state index < -0.39 is 30.2 Å². The highest BCUT2D eigenvalue weighted by Crippen LogP contribution is 2.32. The Balaban J connectivity index is 2.80. The van der Waals surface area contributed by atoms with Gasteiger partial charge in [0.25, 0.3) is 0 Å². The lowest BCUT2D eigenvalue weighted by Gasteiger charge is -2.19. The third-order valence-corrected chi connectivity index (χ3v) is 2.74. The Morgan fingerprint density at radius 1 is 1.43 bits per heavy atom. The van der Waals surface area contributed by atoms with Crippen LogP contribution < -0.4 is 10.1 Å². The van der Waals surface area contributed by atoms with Crippen molar-refractivity contribution in [2.24, 2.45) is 0 Å². The van der Waals surface area contributed by atoms with Crippen LogP contribution in [-0.2, 0) is 4.79 Å². The molecule has 2 unspecified atom stereocenters. The van der Waals surface area contributed by atoms with Gasteiger partial charge in [-0.1, -0.05) is 17.7 Å². The summed E-state index contributed by atoms with van der Waals surface area (Å²) in [6, 6.07) is 3.11. The zero-order valence-corrected chi connectivity index (χ0v) is 11.6. The van der Waals surface area contributed by atoms with E-state index in [1.807, 2.05) is 0 Å². The fourth-order valence-corrected chi connectivity index (χ4v) is 1.72. The lowest BCUT2D eigenvalue weighted by molar-refractivity contribution is -0.274. The quantitative estimate of drug-likeness (QED) is 0.770. The summed E-state index contributed by atoms with van der Waals surface area (Å²) in [5.74, 6) is -1.01. The van der Waals surface area contributed by atoms with Gasteiger partial charge in [-0.25, -0.2) is 0 Å². The van der Waals surface area contributed by atoms with Crippen molar-refractivity contribution in [2.45, 2.75) is 25.5 Å². The van der Waals surface area contributed by atoms with Crippen LogP contribution in [0.1, 0.15) is 18.6 Å². The van der Waals surface area contributed by atoms with Crippen LogP contribution in [0.15, 0.2) is 18.2 Å². The molecular weight excluding hydrogens is 315 g/mol. The number of carbonyl (C=O) groups is 1. The first kappa shape index (κ1) is 17.5. The second kappa shape index (κ2) is 6.97. The molecule has 0 saturated carbocycles. The first-order valence-corrected chi connectivity index (χ1v) is 6.13. The van der Waals surface area contributed by atoms with Crippen molar-refractivity contribution >= 4 is 17.5 Å². The van der Waals surface area contributed by atoms with E-state index in [0.717, 1.165) is 18.2 Å². The van der Waals surface area contributed by atoms with Gasteiger partial charge in [0.15, 0.2) is 0 Å². The molecule has 3 N–H and O–H groups in total. The third kappa shape index (κ3) is 5.78. The standard InChI is InChI=1S/C12H13ClF3NO4/c1-6(18)17-5-9(19)11(20)7-2-3-10(8(13)4-7)21-12(14,15)16/h2-4,9,11,19-20H,5H2,1H3,(H,17,18). The Labute approximate surface area is 123 Å². The molecule has 21 heavy (non-hydrogen) atoms. The largest absolute Gasteiger partial charge is 0.573 e. The van der Waals surface area contributed by atoms with Gasteiger partial charge in [0, 0.05) is 13.5 Å². The number of aliphatic hydroxyl groups is 2. The highest BCUT2D eigenvalue weighted by Gasteiger charge is 2.32. The molecule has 1 rings (SSSR count). The molecule has 1 aromatic rings. The SMILES string of the molecule is CC(=O)NCC(O)C(O)c1ccc(OC(F)(F)F)c(Cl)c1. The predicted molar refractivity (Wildman–Crippen MR) is 67.8 cm³/mol. The average molecular weight is 328 g/mol. The van der Waals surface area contributed by atoms with Gasteiger partial charge in [-0.2, -0.15) is 0 Å². The van der Waals surface area contributed by atoms with Gasteiger partial charge in [0.2, 0.25) is 5.91 Å². The van der Waals surface area contributed by atoms with Crippen molar-refractivity contribution in [2.75, 3.05) is 6.54 Å². The summed E-state index contributed by atoms with van der Waals surface area (Å²) < 4.78 is 39.9. The van der Waals surface area contributed by atoms with Crippen molar-refractivity contribution in [3.05, 3.63) is 28.8 Å². The molecule has 1 amide bonds. The second-order valence-electron chi connectivity index (χ2n) is 4.19. The Morgan fingerprint density at radius 2 is 2.05 bits per heavy atom. The highest BCUT2D eigenvalue weighted by atomic mass is 35.5. The summed E-state index contributed by atoms with van der Waals surface area (Å²) in [6.45, 7) is 1.02. The van der Waals surface area contributed by atoms with Crippen LogP contribution in [0.4, 0.5) is 13.2 Å². The van der Waals surface area contributed by atoms with Crippen LogP contribution in [0.2, 0.25) is 5.02 Å². The number of alkyl halides is 3. The minimum absolute atomic E-state index is 0.0902. The van der Waals surface area contributed by atoms with E-state index in [-0.39, 0.29) is 17.1 Å². The van der Waals surface area contributed by atoms with Crippen molar-refractivity contribution in [3.63, 3.8) is 0 Å². The monoisotopic (exact) mass is 327 g/mol. The summed E-state index contributed by atoms with van der Waals surface area (Å²) in [4.78, 5) is 10.7. The van der Waals surface area contributed by atoms with E-state index in [1.54, 1.807) is 0 Å². The molecule has 0 bridgehead atoms. The number of rotatable bonds is 5. The lowest BCUT2D eigenvalue weighted by atomic mass is 10.0. The molecule has 9 heteroatoms. The maximum Gasteiger partial charge on any atom is 0.573 e. The van der Waals surface area contributed by atoms with Crippen LogP contribution >= 0.6 is 11.6 Å². The van der Waals surface area contributed by atoms with Gasteiger partial charge >= 0.3 is 6.36 Å². The highest BCUT2D eigenvalue weighted by molar-refractivity contribution is 6.32. The third-order valence-electron chi connectivity index (χ3n) is 2.45. The summed E-state index contributed by atoms with van der Waals surface area (Å²) in [7, 11) is 0. The van der Waals surface area contributed by atoms with Gasteiger partial charge < -0.3 is 20.3 Å². The topological polar surface area (TPSA) is 78.8 Å². The molecule has 0 saturated heterocycles. The molecule has 0 radical (unpaired) electrons. The molecule has 1 aromatic carbocycles. The number of halogens is 4. The van der Waals surface area contributed by atoms with Gasteiger partial charge in [0.1, 0.15) is 18.0 Å². The first-order valence-electron chi connectivity index (χ1n) is 5.76. The van der Waals surface area contributed by atoms with Crippen LogP contribution in [0, 0.1) is 0 Å². The number of hydrogen-bond donors (Lipinski definition) is 3. The number of ether oxygens (including phenoxy) is 1. The molecule has 118 valence electrons. The number of aliphatic hydroxyl groups excluding tert-OH is 2. The molecule has 0 heterocycles. The Bertz CT molecular complexity index is 510. The maximum absolute atomic E-state index is 12.1. The molecule has 0 fully saturated rings. The molecule has 0 aliphatic carbocycles. The van der Waals surface area contributed by atoms with Crippen LogP contribution in [0.3, 0.4) is 0 Å². The van der Waals surface area contributed by atoms with E-state index in [4.69, 9.17) is 11.6 Å². The zero-order chi connectivity index (χ0) is 16.2.